The molecule has 1 aliphatic rings. The molecule has 2 aromatic rings. The molecule has 0 bridgehead atoms. The summed E-state index contributed by atoms with van der Waals surface area (Å²) in [6, 6.07) is 8.51. The Balaban J connectivity index is 1.96. The fourth-order valence-electron chi connectivity index (χ4n) is 3.53. The van der Waals surface area contributed by atoms with Crippen LogP contribution in [0.1, 0.15) is 64.0 Å². The second kappa shape index (κ2) is 5.36. The second-order valence-electron chi connectivity index (χ2n) is 6.30. The summed E-state index contributed by atoms with van der Waals surface area (Å²) in [6.07, 6.45) is 10.9. The molecule has 0 saturated heterocycles. The van der Waals surface area contributed by atoms with Crippen molar-refractivity contribution in [2.45, 2.75) is 63.7 Å². The van der Waals surface area contributed by atoms with E-state index in [1.807, 2.05) is 0 Å². The van der Waals surface area contributed by atoms with Gasteiger partial charge in [-0.1, -0.05) is 63.6 Å². The number of nitrogens with one attached hydrogen (secondary N) is 1. The van der Waals surface area contributed by atoms with Crippen LogP contribution in [0.2, 0.25) is 0 Å². The summed E-state index contributed by atoms with van der Waals surface area (Å²) in [7, 11) is 0. The molecule has 19 heavy (non-hydrogen) atoms. The van der Waals surface area contributed by atoms with Crippen molar-refractivity contribution in [2.24, 2.45) is 0 Å². The highest BCUT2D eigenvalue weighted by atomic mass is 15.1. The largest absolute Gasteiger partial charge is 0.281 e. The third kappa shape index (κ3) is 2.54. The predicted octanol–water partition coefficient (Wildman–Crippen LogP) is 4.96. The van der Waals surface area contributed by atoms with Crippen molar-refractivity contribution in [1.82, 2.24) is 10.2 Å². The van der Waals surface area contributed by atoms with Crippen LogP contribution in [0.3, 0.4) is 0 Å². The highest BCUT2D eigenvalue weighted by Crippen LogP contribution is 2.38. The molecule has 1 fully saturated rings. The van der Waals surface area contributed by atoms with Crippen LogP contribution in [-0.4, -0.2) is 10.2 Å². The van der Waals surface area contributed by atoms with E-state index in [1.54, 1.807) is 0 Å². The molecule has 0 amide bonds. The fourth-order valence-corrected chi connectivity index (χ4v) is 3.53. The summed E-state index contributed by atoms with van der Waals surface area (Å²) in [5.74, 6) is 0. The number of aromatic amines is 1. The number of aromatic nitrogens is 2. The molecule has 1 heterocycles. The predicted molar refractivity (Wildman–Crippen MR) is 80.4 cm³/mol. The van der Waals surface area contributed by atoms with Gasteiger partial charge in [0.2, 0.25) is 0 Å². The quantitative estimate of drug-likeness (QED) is 0.768. The summed E-state index contributed by atoms with van der Waals surface area (Å²) in [4.78, 5) is 0. The Bertz CT molecular complexity index is 531. The van der Waals surface area contributed by atoms with Gasteiger partial charge in [-0.25, -0.2) is 0 Å². The topological polar surface area (TPSA) is 28.7 Å². The highest BCUT2D eigenvalue weighted by Gasteiger charge is 2.29. The van der Waals surface area contributed by atoms with E-state index in [0.717, 1.165) is 5.52 Å². The van der Waals surface area contributed by atoms with Crippen LogP contribution in [0.15, 0.2) is 24.3 Å². The minimum Gasteiger partial charge on any atom is -0.281 e. The Morgan fingerprint density at radius 2 is 1.58 bits per heavy atom. The van der Waals surface area contributed by atoms with E-state index in [9.17, 15) is 0 Å². The van der Waals surface area contributed by atoms with Gasteiger partial charge in [0.15, 0.2) is 0 Å². The monoisotopic (exact) mass is 256 g/mol. The smallest absolute Gasteiger partial charge is 0.0923 e. The van der Waals surface area contributed by atoms with Crippen LogP contribution >= 0.6 is 0 Å². The number of rotatable bonds is 1. The first-order valence-electron chi connectivity index (χ1n) is 7.73. The number of hydrogen-bond acceptors (Lipinski definition) is 1. The van der Waals surface area contributed by atoms with Crippen molar-refractivity contribution in [3.8, 4) is 0 Å². The van der Waals surface area contributed by atoms with E-state index in [4.69, 9.17) is 0 Å². The Morgan fingerprint density at radius 1 is 0.947 bits per heavy atom. The summed E-state index contributed by atoms with van der Waals surface area (Å²) in [5, 5.41) is 9.16. The molecular formula is C17H24N2. The van der Waals surface area contributed by atoms with Crippen LogP contribution in [0.5, 0.6) is 0 Å². The minimum atomic E-state index is 0.278. The minimum absolute atomic E-state index is 0.278. The van der Waals surface area contributed by atoms with E-state index in [1.165, 1.54) is 62.4 Å². The third-order valence-corrected chi connectivity index (χ3v) is 4.77. The number of nitrogens with zero attached hydrogens (tertiary/aromatic N) is 1. The van der Waals surface area contributed by atoms with E-state index in [2.05, 4.69) is 41.4 Å². The number of fused-ring (bicyclic) bond motifs is 1. The molecule has 0 spiro atoms. The number of H-pyrrole nitrogens is 1. The van der Waals surface area contributed by atoms with Crippen molar-refractivity contribution in [2.75, 3.05) is 0 Å². The average molecular weight is 256 g/mol. The van der Waals surface area contributed by atoms with Crippen molar-refractivity contribution in [3.05, 3.63) is 30.0 Å². The zero-order valence-electron chi connectivity index (χ0n) is 11.9. The van der Waals surface area contributed by atoms with Gasteiger partial charge in [-0.05, 0) is 18.9 Å². The highest BCUT2D eigenvalue weighted by molar-refractivity contribution is 5.82. The van der Waals surface area contributed by atoms with E-state index in [-0.39, 0.29) is 5.41 Å². The maximum absolute atomic E-state index is 4.49. The van der Waals surface area contributed by atoms with Crippen LogP contribution in [-0.2, 0) is 5.41 Å². The molecule has 0 atom stereocenters. The Hall–Kier alpha value is -1.31. The third-order valence-electron chi connectivity index (χ3n) is 4.77. The molecule has 1 aromatic heterocycles. The van der Waals surface area contributed by atoms with Crippen LogP contribution in [0.4, 0.5) is 0 Å². The molecule has 102 valence electrons. The van der Waals surface area contributed by atoms with Gasteiger partial charge in [0, 0.05) is 16.5 Å². The van der Waals surface area contributed by atoms with Crippen molar-refractivity contribution >= 4 is 10.9 Å². The zero-order valence-corrected chi connectivity index (χ0v) is 11.9. The zero-order chi connectivity index (χ0) is 13.1. The first-order chi connectivity index (χ1) is 9.30. The summed E-state index contributed by atoms with van der Waals surface area (Å²) in [6.45, 7) is 2.43. The van der Waals surface area contributed by atoms with Gasteiger partial charge in [-0.3, -0.25) is 5.10 Å². The normalized spacial score (nSPS) is 20.7. The maximum Gasteiger partial charge on any atom is 0.0923 e. The van der Waals surface area contributed by atoms with Crippen LogP contribution < -0.4 is 0 Å². The standard InChI is InChI=1S/C17H24N2/c1-17(12-8-4-2-3-5-9-13-17)16-14-10-6-7-11-15(14)18-19-16/h6-7,10-11H,2-5,8-9,12-13H2,1H3,(H,18,19). The number of para-hydroxylation sites is 1. The molecule has 3 rings (SSSR count). The van der Waals surface area contributed by atoms with E-state index in [0.29, 0.717) is 0 Å². The molecule has 0 radical (unpaired) electrons. The number of hydrogen-bond donors (Lipinski definition) is 1. The molecule has 2 nitrogen and oxygen atoms in total. The maximum atomic E-state index is 4.49. The first-order valence-corrected chi connectivity index (χ1v) is 7.73. The number of benzene rings is 1. The van der Waals surface area contributed by atoms with E-state index >= 15 is 0 Å². The van der Waals surface area contributed by atoms with Gasteiger partial charge in [-0.2, -0.15) is 5.10 Å². The molecule has 0 unspecified atom stereocenters. The average Bonchev–Trinajstić information content (AvgIpc) is 2.88. The van der Waals surface area contributed by atoms with Gasteiger partial charge in [0.05, 0.1) is 5.52 Å². The molecule has 1 saturated carbocycles. The molecule has 2 heteroatoms. The lowest BCUT2D eigenvalue weighted by Crippen LogP contribution is -2.22. The summed E-state index contributed by atoms with van der Waals surface area (Å²) < 4.78 is 0. The first kappa shape index (κ1) is 12.7. The SMILES string of the molecule is CC1(c2[nH]nc3ccccc23)CCCCCCCC1. The molecular weight excluding hydrogens is 232 g/mol. The second-order valence-corrected chi connectivity index (χ2v) is 6.30. The van der Waals surface area contributed by atoms with Crippen molar-refractivity contribution < 1.29 is 0 Å². The van der Waals surface area contributed by atoms with Gasteiger partial charge in [-0.15, -0.1) is 0 Å². The lowest BCUT2D eigenvalue weighted by molar-refractivity contribution is 0.373. The lowest BCUT2D eigenvalue weighted by atomic mass is 9.76. The van der Waals surface area contributed by atoms with Gasteiger partial charge in [0.25, 0.3) is 0 Å². The van der Waals surface area contributed by atoms with Crippen molar-refractivity contribution in [3.63, 3.8) is 0 Å². The van der Waals surface area contributed by atoms with Crippen LogP contribution in [0.25, 0.3) is 10.9 Å². The Kier molecular flexibility index (Phi) is 3.58. The van der Waals surface area contributed by atoms with Crippen molar-refractivity contribution in [1.29, 1.82) is 0 Å². The molecule has 1 aromatic carbocycles. The van der Waals surface area contributed by atoms with Gasteiger partial charge < -0.3 is 0 Å². The lowest BCUT2D eigenvalue weighted by Gasteiger charge is -2.28. The molecule has 0 aliphatic heterocycles. The van der Waals surface area contributed by atoms with Gasteiger partial charge >= 0.3 is 0 Å². The van der Waals surface area contributed by atoms with E-state index < -0.39 is 0 Å². The van der Waals surface area contributed by atoms with Gasteiger partial charge in [0.1, 0.15) is 0 Å². The molecule has 1 N–H and O–H groups in total. The Morgan fingerprint density at radius 3 is 2.32 bits per heavy atom. The van der Waals surface area contributed by atoms with Crippen LogP contribution in [0, 0.1) is 0 Å². The Labute approximate surface area is 115 Å². The summed E-state index contributed by atoms with van der Waals surface area (Å²) in [5.41, 5.74) is 2.75. The fraction of sp³-hybridized carbons (Fsp3) is 0.588. The summed E-state index contributed by atoms with van der Waals surface area (Å²) >= 11 is 0. The molecule has 1 aliphatic carbocycles.